The standard InChI is InChI=1S/C18H22N2O3/c1-2-23-18(22)14-4-3-9-20(11-14)12-15-6-5-13-10-16(21)7-8-17(13)19-15/h5-8,10,14,21H,2-4,9,11-12H2,1H3/t14-/m1/s1. The fraction of sp³-hybridized carbons (Fsp3) is 0.444. The molecule has 0 unspecified atom stereocenters. The number of hydrogen-bond acceptors (Lipinski definition) is 5. The van der Waals surface area contributed by atoms with Crippen LogP contribution in [-0.4, -0.2) is 40.7 Å². The number of likely N-dealkylation sites (tertiary alicyclic amines) is 1. The van der Waals surface area contributed by atoms with Crippen LogP contribution in [0.3, 0.4) is 0 Å². The van der Waals surface area contributed by atoms with Gasteiger partial charge in [-0.3, -0.25) is 14.7 Å². The second kappa shape index (κ2) is 6.96. The first-order valence-electron chi connectivity index (χ1n) is 8.13. The first kappa shape index (κ1) is 15.7. The van der Waals surface area contributed by atoms with Crippen LogP contribution >= 0.6 is 0 Å². The molecule has 0 bridgehead atoms. The minimum atomic E-state index is -0.0841. The third-order valence-corrected chi connectivity index (χ3v) is 4.24. The zero-order valence-corrected chi connectivity index (χ0v) is 13.4. The second-order valence-electron chi connectivity index (χ2n) is 6.01. The lowest BCUT2D eigenvalue weighted by atomic mass is 9.98. The van der Waals surface area contributed by atoms with Crippen LogP contribution < -0.4 is 0 Å². The van der Waals surface area contributed by atoms with Crippen LogP contribution in [0, 0.1) is 5.92 Å². The summed E-state index contributed by atoms with van der Waals surface area (Å²) in [5, 5.41) is 10.4. The van der Waals surface area contributed by atoms with Gasteiger partial charge >= 0.3 is 5.97 Å². The lowest BCUT2D eigenvalue weighted by molar-refractivity contribution is -0.150. The number of rotatable bonds is 4. The fourth-order valence-electron chi connectivity index (χ4n) is 3.12. The molecule has 0 amide bonds. The average Bonchev–Trinajstić information content (AvgIpc) is 2.55. The molecule has 1 aromatic heterocycles. The van der Waals surface area contributed by atoms with E-state index in [4.69, 9.17) is 4.74 Å². The number of esters is 1. The molecule has 1 N–H and O–H groups in total. The molecule has 0 saturated carbocycles. The van der Waals surface area contributed by atoms with E-state index >= 15 is 0 Å². The Morgan fingerprint density at radius 1 is 1.39 bits per heavy atom. The van der Waals surface area contributed by atoms with Crippen LogP contribution in [0.15, 0.2) is 30.3 Å². The Balaban J connectivity index is 1.68. The maximum Gasteiger partial charge on any atom is 0.310 e. The van der Waals surface area contributed by atoms with Gasteiger partial charge in [0.15, 0.2) is 0 Å². The van der Waals surface area contributed by atoms with Crippen LogP contribution in [0.2, 0.25) is 0 Å². The number of aromatic hydroxyl groups is 1. The van der Waals surface area contributed by atoms with Crippen molar-refractivity contribution in [1.29, 1.82) is 0 Å². The van der Waals surface area contributed by atoms with Gasteiger partial charge in [-0.1, -0.05) is 6.07 Å². The van der Waals surface area contributed by atoms with E-state index in [-0.39, 0.29) is 17.6 Å². The molecule has 5 nitrogen and oxygen atoms in total. The molecular weight excluding hydrogens is 292 g/mol. The van der Waals surface area contributed by atoms with Gasteiger partial charge in [-0.15, -0.1) is 0 Å². The molecule has 1 aromatic carbocycles. The maximum absolute atomic E-state index is 11.9. The van der Waals surface area contributed by atoms with Gasteiger partial charge in [-0.2, -0.15) is 0 Å². The monoisotopic (exact) mass is 314 g/mol. The quantitative estimate of drug-likeness (QED) is 0.879. The summed E-state index contributed by atoms with van der Waals surface area (Å²) in [6.45, 7) is 4.72. The van der Waals surface area contributed by atoms with Crippen molar-refractivity contribution in [3.05, 3.63) is 36.0 Å². The lowest BCUT2D eigenvalue weighted by Crippen LogP contribution is -2.39. The van der Waals surface area contributed by atoms with Crippen molar-refractivity contribution in [2.75, 3.05) is 19.7 Å². The van der Waals surface area contributed by atoms with E-state index in [1.165, 1.54) is 0 Å². The molecule has 1 fully saturated rings. The normalized spacial score (nSPS) is 18.9. The molecule has 2 heterocycles. The Bertz CT molecular complexity index is 702. The number of carbonyl (C=O) groups is 1. The SMILES string of the molecule is CCOC(=O)[C@@H]1CCCN(Cc2ccc3cc(O)ccc3n2)C1. The first-order valence-corrected chi connectivity index (χ1v) is 8.13. The number of carbonyl (C=O) groups excluding carboxylic acids is 1. The summed E-state index contributed by atoms with van der Waals surface area (Å²) in [5.74, 6) is 0.139. The Kier molecular flexibility index (Phi) is 4.76. The molecule has 1 aliphatic heterocycles. The van der Waals surface area contributed by atoms with E-state index in [1.54, 1.807) is 12.1 Å². The molecular formula is C18H22N2O3. The molecule has 1 aliphatic rings. The predicted octanol–water partition coefficient (Wildman–Crippen LogP) is 2.72. The van der Waals surface area contributed by atoms with E-state index in [0.29, 0.717) is 6.61 Å². The highest BCUT2D eigenvalue weighted by molar-refractivity contribution is 5.80. The zero-order chi connectivity index (χ0) is 16.2. The van der Waals surface area contributed by atoms with Crippen LogP contribution in [0.1, 0.15) is 25.5 Å². The summed E-state index contributed by atoms with van der Waals surface area (Å²) >= 11 is 0. The summed E-state index contributed by atoms with van der Waals surface area (Å²) in [7, 11) is 0. The number of aromatic nitrogens is 1. The number of nitrogens with zero attached hydrogens (tertiary/aromatic N) is 2. The number of pyridine rings is 1. The number of benzene rings is 1. The summed E-state index contributed by atoms with van der Waals surface area (Å²) in [6, 6.07) is 9.15. The summed E-state index contributed by atoms with van der Waals surface area (Å²) in [4.78, 5) is 18.8. The van der Waals surface area contributed by atoms with E-state index in [0.717, 1.165) is 49.1 Å². The minimum absolute atomic E-state index is 0.0268. The van der Waals surface area contributed by atoms with Gasteiger partial charge in [-0.05, 0) is 50.6 Å². The van der Waals surface area contributed by atoms with Crippen LogP contribution in [0.4, 0.5) is 0 Å². The van der Waals surface area contributed by atoms with Crippen molar-refractivity contribution < 1.29 is 14.6 Å². The molecule has 122 valence electrons. The molecule has 0 spiro atoms. The summed E-state index contributed by atoms with van der Waals surface area (Å²) in [5.41, 5.74) is 1.85. The van der Waals surface area contributed by atoms with E-state index in [1.807, 2.05) is 25.1 Å². The maximum atomic E-state index is 11.9. The van der Waals surface area contributed by atoms with E-state index < -0.39 is 0 Å². The van der Waals surface area contributed by atoms with E-state index in [9.17, 15) is 9.90 Å². The average molecular weight is 314 g/mol. The Morgan fingerprint density at radius 2 is 2.26 bits per heavy atom. The fourth-order valence-corrected chi connectivity index (χ4v) is 3.12. The van der Waals surface area contributed by atoms with Gasteiger partial charge in [0.1, 0.15) is 5.75 Å². The molecule has 2 aromatic rings. The van der Waals surface area contributed by atoms with Gasteiger partial charge in [0, 0.05) is 18.5 Å². The highest BCUT2D eigenvalue weighted by atomic mass is 16.5. The van der Waals surface area contributed by atoms with Gasteiger partial charge < -0.3 is 9.84 Å². The highest BCUT2D eigenvalue weighted by Crippen LogP contribution is 2.22. The van der Waals surface area contributed by atoms with Crippen molar-refractivity contribution in [3.8, 4) is 5.75 Å². The Morgan fingerprint density at radius 3 is 3.09 bits per heavy atom. The van der Waals surface area contributed by atoms with Gasteiger partial charge in [0.25, 0.3) is 0 Å². The molecule has 0 radical (unpaired) electrons. The largest absolute Gasteiger partial charge is 0.508 e. The Hall–Kier alpha value is -2.14. The minimum Gasteiger partial charge on any atom is -0.508 e. The van der Waals surface area contributed by atoms with Gasteiger partial charge in [-0.25, -0.2) is 0 Å². The zero-order valence-electron chi connectivity index (χ0n) is 13.4. The van der Waals surface area contributed by atoms with Crippen molar-refractivity contribution in [1.82, 2.24) is 9.88 Å². The molecule has 3 rings (SSSR count). The topological polar surface area (TPSA) is 62.7 Å². The van der Waals surface area contributed by atoms with Gasteiger partial charge in [0.2, 0.25) is 0 Å². The smallest absolute Gasteiger partial charge is 0.310 e. The van der Waals surface area contributed by atoms with Crippen LogP contribution in [0.25, 0.3) is 10.9 Å². The number of phenolic OH excluding ortho intramolecular Hbond substituents is 1. The molecule has 1 atom stereocenters. The van der Waals surface area contributed by atoms with Gasteiger partial charge in [0.05, 0.1) is 23.7 Å². The number of phenols is 1. The van der Waals surface area contributed by atoms with Crippen LogP contribution in [-0.2, 0) is 16.1 Å². The number of hydrogen-bond donors (Lipinski definition) is 1. The number of piperidine rings is 1. The second-order valence-corrected chi connectivity index (χ2v) is 6.01. The van der Waals surface area contributed by atoms with Crippen molar-refractivity contribution >= 4 is 16.9 Å². The predicted molar refractivity (Wildman–Crippen MR) is 88.0 cm³/mol. The van der Waals surface area contributed by atoms with E-state index in [2.05, 4.69) is 9.88 Å². The first-order chi connectivity index (χ1) is 11.2. The number of ether oxygens (including phenoxy) is 1. The third kappa shape index (κ3) is 3.79. The molecule has 23 heavy (non-hydrogen) atoms. The third-order valence-electron chi connectivity index (χ3n) is 4.24. The van der Waals surface area contributed by atoms with Crippen molar-refractivity contribution in [2.45, 2.75) is 26.3 Å². The molecule has 5 heteroatoms. The van der Waals surface area contributed by atoms with Crippen molar-refractivity contribution in [3.63, 3.8) is 0 Å². The highest BCUT2D eigenvalue weighted by Gasteiger charge is 2.26. The Labute approximate surface area is 135 Å². The summed E-state index contributed by atoms with van der Waals surface area (Å²) < 4.78 is 5.14. The van der Waals surface area contributed by atoms with Crippen LogP contribution in [0.5, 0.6) is 5.75 Å². The number of fused-ring (bicyclic) bond motifs is 1. The lowest BCUT2D eigenvalue weighted by Gasteiger charge is -2.31. The van der Waals surface area contributed by atoms with Crippen molar-refractivity contribution in [2.24, 2.45) is 5.92 Å². The molecule has 1 saturated heterocycles. The molecule has 0 aliphatic carbocycles. The summed E-state index contributed by atoms with van der Waals surface area (Å²) in [6.07, 6.45) is 1.91.